The minimum atomic E-state index is -0.130. The minimum Gasteiger partial charge on any atom is -0.439 e. The Hall–Kier alpha value is -2.30. The lowest BCUT2D eigenvalue weighted by atomic mass is 10.2. The molecule has 3 aromatic rings. The number of nitrogens with zero attached hydrogens (tertiary/aromatic N) is 2. The highest BCUT2D eigenvalue weighted by molar-refractivity contribution is 6.30. The Morgan fingerprint density at radius 2 is 1.91 bits per heavy atom. The molecule has 4 nitrogen and oxygen atoms in total. The fourth-order valence-corrected chi connectivity index (χ4v) is 2.63. The molecule has 0 aliphatic heterocycles. The number of rotatable bonds is 5. The molecule has 23 heavy (non-hydrogen) atoms. The third-order valence-electron chi connectivity index (χ3n) is 3.53. The molecule has 0 amide bonds. The molecule has 3 rings (SSSR count). The van der Waals surface area contributed by atoms with Crippen LogP contribution in [0, 0.1) is 0 Å². The van der Waals surface area contributed by atoms with E-state index in [1.54, 1.807) is 16.8 Å². The Labute approximate surface area is 139 Å². The summed E-state index contributed by atoms with van der Waals surface area (Å²) in [5.41, 5.74) is 2.38. The topological polar surface area (TPSA) is 47.3 Å². The van der Waals surface area contributed by atoms with Crippen molar-refractivity contribution in [2.24, 2.45) is 0 Å². The molecule has 1 heterocycles. The summed E-state index contributed by atoms with van der Waals surface area (Å²) in [5.74, 6) is 1.23. The van der Waals surface area contributed by atoms with Crippen LogP contribution < -0.4 is 4.74 Å². The second-order valence-corrected chi connectivity index (χ2v) is 5.49. The molecule has 0 fully saturated rings. The van der Waals surface area contributed by atoms with E-state index in [9.17, 15) is 5.11 Å². The van der Waals surface area contributed by atoms with Gasteiger partial charge >= 0.3 is 0 Å². The lowest BCUT2D eigenvalue weighted by molar-refractivity contribution is 0.275. The number of hydrogen-bond acceptors (Lipinski definition) is 3. The summed E-state index contributed by atoms with van der Waals surface area (Å²) < 4.78 is 7.77. The molecule has 5 heteroatoms. The standard InChI is InChI=1S/C18H17ClN2O2/c1-2-16-17(12-22)20-21(14-8-4-3-5-9-14)18(16)23-15-10-6-7-13(19)11-15/h3-11,22H,2,12H2,1H3. The second kappa shape index (κ2) is 6.86. The molecule has 0 spiro atoms. The maximum Gasteiger partial charge on any atom is 0.226 e. The first kappa shape index (κ1) is 15.6. The zero-order valence-electron chi connectivity index (χ0n) is 12.7. The monoisotopic (exact) mass is 328 g/mol. The van der Waals surface area contributed by atoms with Gasteiger partial charge in [-0.05, 0) is 36.8 Å². The number of aromatic nitrogens is 2. The normalized spacial score (nSPS) is 10.7. The van der Waals surface area contributed by atoms with Crippen LogP contribution >= 0.6 is 11.6 Å². The lowest BCUT2D eigenvalue weighted by Gasteiger charge is -2.11. The van der Waals surface area contributed by atoms with Crippen LogP contribution in [0.2, 0.25) is 5.02 Å². The van der Waals surface area contributed by atoms with Crippen LogP contribution in [0.1, 0.15) is 18.2 Å². The fourth-order valence-electron chi connectivity index (χ4n) is 2.45. The van der Waals surface area contributed by atoms with E-state index in [0.29, 0.717) is 28.8 Å². The van der Waals surface area contributed by atoms with Crippen molar-refractivity contribution in [3.8, 4) is 17.3 Å². The number of aliphatic hydroxyl groups excluding tert-OH is 1. The van der Waals surface area contributed by atoms with E-state index in [0.717, 1.165) is 11.3 Å². The predicted octanol–water partition coefficient (Wildman–Crippen LogP) is 4.37. The quantitative estimate of drug-likeness (QED) is 0.756. The highest BCUT2D eigenvalue weighted by Crippen LogP contribution is 2.32. The summed E-state index contributed by atoms with van der Waals surface area (Å²) >= 11 is 6.03. The molecule has 1 N–H and O–H groups in total. The average Bonchev–Trinajstić information content (AvgIpc) is 2.93. The van der Waals surface area contributed by atoms with Crippen LogP contribution in [-0.4, -0.2) is 14.9 Å². The third kappa shape index (κ3) is 3.23. The first-order valence-electron chi connectivity index (χ1n) is 7.43. The van der Waals surface area contributed by atoms with Crippen LogP contribution in [0.25, 0.3) is 5.69 Å². The first-order valence-corrected chi connectivity index (χ1v) is 7.81. The number of halogens is 1. The van der Waals surface area contributed by atoms with Gasteiger partial charge in [0.15, 0.2) is 0 Å². The van der Waals surface area contributed by atoms with Crippen molar-refractivity contribution in [3.63, 3.8) is 0 Å². The van der Waals surface area contributed by atoms with Crippen molar-refractivity contribution >= 4 is 11.6 Å². The van der Waals surface area contributed by atoms with Gasteiger partial charge in [-0.3, -0.25) is 0 Å². The summed E-state index contributed by atoms with van der Waals surface area (Å²) in [5, 5.41) is 14.7. The SMILES string of the molecule is CCc1c(CO)nn(-c2ccccc2)c1Oc1cccc(Cl)c1. The smallest absolute Gasteiger partial charge is 0.226 e. The van der Waals surface area contributed by atoms with Crippen molar-refractivity contribution in [1.82, 2.24) is 9.78 Å². The Bertz CT molecular complexity index is 800. The van der Waals surface area contributed by atoms with E-state index < -0.39 is 0 Å². The van der Waals surface area contributed by atoms with Gasteiger partial charge in [0.25, 0.3) is 0 Å². The molecule has 0 aliphatic carbocycles. The maximum atomic E-state index is 9.59. The highest BCUT2D eigenvalue weighted by atomic mass is 35.5. The second-order valence-electron chi connectivity index (χ2n) is 5.05. The molecule has 0 aliphatic rings. The van der Waals surface area contributed by atoms with Gasteiger partial charge < -0.3 is 9.84 Å². The van der Waals surface area contributed by atoms with Gasteiger partial charge in [0.2, 0.25) is 5.88 Å². The van der Waals surface area contributed by atoms with Crippen molar-refractivity contribution in [2.75, 3.05) is 0 Å². The molecule has 0 unspecified atom stereocenters. The van der Waals surface area contributed by atoms with Crippen LogP contribution in [0.3, 0.4) is 0 Å². The lowest BCUT2D eigenvalue weighted by Crippen LogP contribution is -2.00. The van der Waals surface area contributed by atoms with Gasteiger partial charge in [-0.1, -0.05) is 42.8 Å². The molecule has 2 aromatic carbocycles. The van der Waals surface area contributed by atoms with Crippen molar-refractivity contribution in [1.29, 1.82) is 0 Å². The summed E-state index contributed by atoms with van der Waals surface area (Å²) in [6.45, 7) is 1.88. The van der Waals surface area contributed by atoms with E-state index in [1.807, 2.05) is 49.4 Å². The van der Waals surface area contributed by atoms with Crippen LogP contribution in [0.15, 0.2) is 54.6 Å². The Morgan fingerprint density at radius 1 is 1.13 bits per heavy atom. The van der Waals surface area contributed by atoms with Gasteiger partial charge in [-0.2, -0.15) is 5.10 Å². The number of benzene rings is 2. The van der Waals surface area contributed by atoms with Crippen molar-refractivity contribution < 1.29 is 9.84 Å². The summed E-state index contributed by atoms with van der Waals surface area (Å²) in [6, 6.07) is 16.9. The zero-order chi connectivity index (χ0) is 16.2. The number of ether oxygens (including phenoxy) is 1. The highest BCUT2D eigenvalue weighted by Gasteiger charge is 2.19. The number of para-hydroxylation sites is 1. The summed E-state index contributed by atoms with van der Waals surface area (Å²) in [4.78, 5) is 0. The van der Waals surface area contributed by atoms with Crippen LogP contribution in [-0.2, 0) is 13.0 Å². The summed E-state index contributed by atoms with van der Waals surface area (Å²) in [6.07, 6.45) is 0.707. The van der Waals surface area contributed by atoms with E-state index in [4.69, 9.17) is 16.3 Å². The molecular weight excluding hydrogens is 312 g/mol. The molecule has 0 bridgehead atoms. The Kier molecular flexibility index (Phi) is 4.65. The van der Waals surface area contributed by atoms with Crippen LogP contribution in [0.4, 0.5) is 0 Å². The number of aliphatic hydroxyl groups is 1. The number of hydrogen-bond donors (Lipinski definition) is 1. The van der Waals surface area contributed by atoms with Gasteiger partial charge in [0.1, 0.15) is 5.75 Å². The molecule has 0 atom stereocenters. The Balaban J connectivity index is 2.11. The fraction of sp³-hybridized carbons (Fsp3) is 0.167. The van der Waals surface area contributed by atoms with Gasteiger partial charge in [0, 0.05) is 10.6 Å². The predicted molar refractivity (Wildman–Crippen MR) is 90.4 cm³/mol. The van der Waals surface area contributed by atoms with Crippen molar-refractivity contribution in [2.45, 2.75) is 20.0 Å². The minimum absolute atomic E-state index is 0.130. The zero-order valence-corrected chi connectivity index (χ0v) is 13.5. The molecule has 0 radical (unpaired) electrons. The molecule has 1 aromatic heterocycles. The van der Waals surface area contributed by atoms with E-state index in [2.05, 4.69) is 5.10 Å². The first-order chi connectivity index (χ1) is 11.2. The Morgan fingerprint density at radius 3 is 2.57 bits per heavy atom. The average molecular weight is 329 g/mol. The van der Waals surface area contributed by atoms with Gasteiger partial charge in [-0.25, -0.2) is 4.68 Å². The molecular formula is C18H17ClN2O2. The summed E-state index contributed by atoms with van der Waals surface area (Å²) in [7, 11) is 0. The molecule has 0 saturated carbocycles. The molecule has 0 saturated heterocycles. The molecule has 118 valence electrons. The third-order valence-corrected chi connectivity index (χ3v) is 3.77. The maximum absolute atomic E-state index is 9.59. The van der Waals surface area contributed by atoms with E-state index >= 15 is 0 Å². The van der Waals surface area contributed by atoms with Gasteiger partial charge in [-0.15, -0.1) is 0 Å². The van der Waals surface area contributed by atoms with Crippen molar-refractivity contribution in [3.05, 3.63) is 70.9 Å². The van der Waals surface area contributed by atoms with Gasteiger partial charge in [0.05, 0.1) is 18.0 Å². The van der Waals surface area contributed by atoms with Crippen LogP contribution in [0.5, 0.6) is 11.6 Å². The largest absolute Gasteiger partial charge is 0.439 e. The van der Waals surface area contributed by atoms with E-state index in [-0.39, 0.29) is 6.61 Å². The van der Waals surface area contributed by atoms with E-state index in [1.165, 1.54) is 0 Å².